The van der Waals surface area contributed by atoms with Crippen LogP contribution in [0.25, 0.3) is 10.9 Å². The predicted octanol–water partition coefficient (Wildman–Crippen LogP) is 7.72. The summed E-state index contributed by atoms with van der Waals surface area (Å²) < 4.78 is 0. The van der Waals surface area contributed by atoms with Gasteiger partial charge >= 0.3 is 0 Å². The van der Waals surface area contributed by atoms with Crippen LogP contribution in [0.1, 0.15) is 72.1 Å². The summed E-state index contributed by atoms with van der Waals surface area (Å²) >= 11 is 0. The van der Waals surface area contributed by atoms with Crippen LogP contribution in [0.4, 0.5) is 0 Å². The lowest BCUT2D eigenvalue weighted by atomic mass is 9.87. The molecule has 1 N–H and O–H groups in total. The van der Waals surface area contributed by atoms with Gasteiger partial charge in [-0.05, 0) is 53.9 Å². The van der Waals surface area contributed by atoms with E-state index in [2.05, 4.69) is 62.2 Å². The molecule has 0 bridgehead atoms. The van der Waals surface area contributed by atoms with Crippen molar-refractivity contribution in [3.8, 4) is 0 Å². The molecule has 0 amide bonds. The van der Waals surface area contributed by atoms with E-state index in [0.29, 0.717) is 11.8 Å². The van der Waals surface area contributed by atoms with Crippen LogP contribution in [0.3, 0.4) is 0 Å². The number of hydrogen-bond donors (Lipinski definition) is 1. The zero-order valence-electron chi connectivity index (χ0n) is 19.4. The summed E-state index contributed by atoms with van der Waals surface area (Å²) in [4.78, 5) is 16.3. The molecule has 1 aromatic heterocycles. The Labute approximate surface area is 191 Å². The molecule has 1 atom stereocenters. The minimum atomic E-state index is 0.0693. The topological polar surface area (TPSA) is 32.9 Å². The molecule has 1 unspecified atom stereocenters. The minimum absolute atomic E-state index is 0.0693. The first-order valence-corrected chi connectivity index (χ1v) is 11.8. The summed E-state index contributed by atoms with van der Waals surface area (Å²) in [5, 5.41) is 0.977. The van der Waals surface area contributed by atoms with Crippen molar-refractivity contribution in [2.75, 3.05) is 0 Å². The summed E-state index contributed by atoms with van der Waals surface area (Å²) in [6, 6.07) is 25.4. The van der Waals surface area contributed by atoms with E-state index >= 15 is 0 Å². The number of fused-ring (bicyclic) bond motifs is 1. The van der Waals surface area contributed by atoms with E-state index in [0.717, 1.165) is 41.3 Å². The minimum Gasteiger partial charge on any atom is -0.360 e. The van der Waals surface area contributed by atoms with Crippen LogP contribution in [-0.4, -0.2) is 10.8 Å². The molecule has 0 saturated carbocycles. The fourth-order valence-electron chi connectivity index (χ4n) is 4.62. The molecule has 2 heteroatoms. The van der Waals surface area contributed by atoms with Crippen LogP contribution >= 0.6 is 0 Å². The molecule has 4 rings (SSSR count). The number of carbonyl (C=O) groups is 1. The maximum atomic E-state index is 13.1. The van der Waals surface area contributed by atoms with Gasteiger partial charge in [-0.3, -0.25) is 4.79 Å². The summed E-state index contributed by atoms with van der Waals surface area (Å²) in [5.74, 6) is 1.25. The van der Waals surface area contributed by atoms with Gasteiger partial charge < -0.3 is 4.98 Å². The summed E-state index contributed by atoms with van der Waals surface area (Å²) in [6.07, 6.45) is 6.28. The van der Waals surface area contributed by atoms with Crippen LogP contribution in [-0.2, 0) is 12.8 Å². The third kappa shape index (κ3) is 5.02. The van der Waals surface area contributed by atoms with Crippen molar-refractivity contribution in [1.82, 2.24) is 4.98 Å². The second kappa shape index (κ2) is 9.99. The molecule has 0 aliphatic carbocycles. The quantitative estimate of drug-likeness (QED) is 0.275. The number of aromatic nitrogens is 1. The molecule has 0 aliphatic rings. The van der Waals surface area contributed by atoms with Crippen LogP contribution in [0.5, 0.6) is 0 Å². The average Bonchev–Trinajstić information content (AvgIpc) is 3.23. The molecule has 3 aromatic carbocycles. The van der Waals surface area contributed by atoms with Crippen LogP contribution in [0, 0.1) is 5.92 Å². The Hall–Kier alpha value is -3.13. The van der Waals surface area contributed by atoms with E-state index < -0.39 is 0 Å². The van der Waals surface area contributed by atoms with E-state index in [9.17, 15) is 4.79 Å². The summed E-state index contributed by atoms with van der Waals surface area (Å²) in [6.45, 7) is 6.78. The maximum Gasteiger partial charge on any atom is 0.195 e. The highest BCUT2D eigenvalue weighted by molar-refractivity contribution is 6.16. The van der Waals surface area contributed by atoms with Crippen molar-refractivity contribution in [1.29, 1.82) is 0 Å². The van der Waals surface area contributed by atoms with Gasteiger partial charge in [0.15, 0.2) is 5.78 Å². The SMILES string of the molecule is CCCC(Cc1ccc(C(=O)c2c[nH]c3ccccc23)cc1)c1ccc(CC(C)C)cc1. The average molecular weight is 424 g/mol. The molecule has 2 nitrogen and oxygen atoms in total. The van der Waals surface area contributed by atoms with Crippen LogP contribution in [0.15, 0.2) is 79.0 Å². The Morgan fingerprint density at radius 1 is 0.844 bits per heavy atom. The summed E-state index contributed by atoms with van der Waals surface area (Å²) in [5.41, 5.74) is 6.58. The van der Waals surface area contributed by atoms with E-state index in [1.807, 2.05) is 42.6 Å². The van der Waals surface area contributed by atoms with Gasteiger partial charge in [-0.1, -0.05) is 93.9 Å². The Bertz CT molecular complexity index is 1170. The normalized spacial score (nSPS) is 12.4. The van der Waals surface area contributed by atoms with E-state index in [1.165, 1.54) is 23.1 Å². The molecular weight excluding hydrogens is 390 g/mol. The van der Waals surface area contributed by atoms with Crippen molar-refractivity contribution >= 4 is 16.7 Å². The van der Waals surface area contributed by atoms with E-state index in [-0.39, 0.29) is 5.78 Å². The Morgan fingerprint density at radius 3 is 2.19 bits per heavy atom. The number of rotatable bonds is 9. The fourth-order valence-corrected chi connectivity index (χ4v) is 4.62. The lowest BCUT2D eigenvalue weighted by molar-refractivity contribution is 0.104. The van der Waals surface area contributed by atoms with Crippen molar-refractivity contribution in [2.45, 2.75) is 52.4 Å². The highest BCUT2D eigenvalue weighted by Crippen LogP contribution is 2.27. The van der Waals surface area contributed by atoms with Gasteiger partial charge in [-0.2, -0.15) is 0 Å². The Morgan fingerprint density at radius 2 is 1.50 bits per heavy atom. The van der Waals surface area contributed by atoms with Gasteiger partial charge in [-0.25, -0.2) is 0 Å². The molecule has 0 aliphatic heterocycles. The van der Waals surface area contributed by atoms with Gasteiger partial charge in [0, 0.05) is 28.2 Å². The highest BCUT2D eigenvalue weighted by Gasteiger charge is 2.16. The number of hydrogen-bond acceptors (Lipinski definition) is 1. The van der Waals surface area contributed by atoms with Crippen molar-refractivity contribution in [3.05, 3.63) is 107 Å². The molecule has 1 heterocycles. The number of para-hydroxylation sites is 1. The standard InChI is InChI=1S/C30H33NO/c1-4-7-26(24-14-10-22(11-15-24)18-21(2)3)19-23-12-16-25(17-13-23)30(32)28-20-31-29-9-6-5-8-27(28)29/h5-6,8-17,20-21,26,31H,4,7,18-19H2,1-3H3. The van der Waals surface area contributed by atoms with Crippen molar-refractivity contribution in [3.63, 3.8) is 0 Å². The van der Waals surface area contributed by atoms with Gasteiger partial charge in [0.05, 0.1) is 0 Å². The first-order chi connectivity index (χ1) is 15.5. The Balaban J connectivity index is 1.49. The maximum absolute atomic E-state index is 13.1. The number of H-pyrrole nitrogens is 1. The Kier molecular flexibility index (Phi) is 6.90. The third-order valence-electron chi connectivity index (χ3n) is 6.26. The number of nitrogens with one attached hydrogen (secondary N) is 1. The first-order valence-electron chi connectivity index (χ1n) is 11.8. The monoisotopic (exact) mass is 423 g/mol. The molecule has 0 fully saturated rings. The molecule has 0 saturated heterocycles. The lowest BCUT2D eigenvalue weighted by Crippen LogP contribution is -2.05. The zero-order chi connectivity index (χ0) is 22.5. The molecule has 164 valence electrons. The molecule has 0 spiro atoms. The zero-order valence-corrected chi connectivity index (χ0v) is 19.4. The third-order valence-corrected chi connectivity index (χ3v) is 6.26. The number of benzene rings is 3. The largest absolute Gasteiger partial charge is 0.360 e. The van der Waals surface area contributed by atoms with E-state index in [1.54, 1.807) is 0 Å². The number of ketones is 1. The van der Waals surface area contributed by atoms with Crippen molar-refractivity contribution < 1.29 is 4.79 Å². The molecule has 4 aromatic rings. The molecule has 32 heavy (non-hydrogen) atoms. The lowest BCUT2D eigenvalue weighted by Gasteiger charge is -2.18. The molecular formula is C30H33NO. The fraction of sp³-hybridized carbons (Fsp3) is 0.300. The second-order valence-electron chi connectivity index (χ2n) is 9.30. The smallest absolute Gasteiger partial charge is 0.195 e. The highest BCUT2D eigenvalue weighted by atomic mass is 16.1. The van der Waals surface area contributed by atoms with E-state index in [4.69, 9.17) is 0 Å². The predicted molar refractivity (Wildman–Crippen MR) is 135 cm³/mol. The van der Waals surface area contributed by atoms with Crippen molar-refractivity contribution in [2.24, 2.45) is 5.92 Å². The van der Waals surface area contributed by atoms with Crippen LogP contribution in [0.2, 0.25) is 0 Å². The van der Waals surface area contributed by atoms with Gasteiger partial charge in [0.25, 0.3) is 0 Å². The van der Waals surface area contributed by atoms with Gasteiger partial charge in [-0.15, -0.1) is 0 Å². The first kappa shape index (κ1) is 22.1. The van der Waals surface area contributed by atoms with Crippen LogP contribution < -0.4 is 0 Å². The van der Waals surface area contributed by atoms with Gasteiger partial charge in [0.1, 0.15) is 0 Å². The number of aromatic amines is 1. The second-order valence-corrected chi connectivity index (χ2v) is 9.30. The van der Waals surface area contributed by atoms with Gasteiger partial charge in [0.2, 0.25) is 0 Å². The summed E-state index contributed by atoms with van der Waals surface area (Å²) in [7, 11) is 0. The number of carbonyl (C=O) groups excluding carboxylic acids is 1. The molecule has 0 radical (unpaired) electrons.